The van der Waals surface area contributed by atoms with Crippen LogP contribution in [0.2, 0.25) is 0 Å². The first kappa shape index (κ1) is 31.6. The molecule has 1 aliphatic rings. The first-order chi connectivity index (χ1) is 26.5. The number of fused-ring (bicyclic) bond motifs is 6. The summed E-state index contributed by atoms with van der Waals surface area (Å²) in [6.07, 6.45) is 0. The number of nitriles is 1. The Morgan fingerprint density at radius 2 is 1.07 bits per heavy atom. The topological polar surface area (TPSA) is 75.6 Å². The molecule has 0 bridgehead atoms. The van der Waals surface area contributed by atoms with Gasteiger partial charge in [-0.3, -0.25) is 0 Å². The first-order valence-corrected chi connectivity index (χ1v) is 18.1. The minimum absolute atomic E-state index is 0.170. The van der Waals surface area contributed by atoms with Crippen LogP contribution in [0.25, 0.3) is 89.5 Å². The van der Waals surface area contributed by atoms with Gasteiger partial charge < -0.3 is 4.42 Å². The van der Waals surface area contributed by atoms with Gasteiger partial charge in [0.2, 0.25) is 0 Å². The van der Waals surface area contributed by atoms with Crippen molar-refractivity contribution in [1.29, 1.82) is 5.26 Å². The van der Waals surface area contributed by atoms with Gasteiger partial charge in [0.15, 0.2) is 17.5 Å². The lowest BCUT2D eigenvalue weighted by Crippen LogP contribution is -2.15. The number of para-hydroxylation sites is 1. The predicted octanol–water partition coefficient (Wildman–Crippen LogP) is 12.3. The van der Waals surface area contributed by atoms with E-state index in [1.54, 1.807) is 0 Å². The molecule has 0 N–H and O–H groups in total. The quantitative estimate of drug-likeness (QED) is 0.179. The van der Waals surface area contributed by atoms with Crippen molar-refractivity contribution in [2.45, 2.75) is 19.3 Å². The number of aromatic nitrogens is 3. The van der Waals surface area contributed by atoms with Gasteiger partial charge in [-0.15, -0.1) is 0 Å². The second-order valence-electron chi connectivity index (χ2n) is 14.3. The summed E-state index contributed by atoms with van der Waals surface area (Å²) in [5.41, 5.74) is 13.8. The normalized spacial score (nSPS) is 12.8. The highest BCUT2D eigenvalue weighted by Gasteiger charge is 2.35. The highest BCUT2D eigenvalue weighted by atomic mass is 16.3. The number of hydrogen-bond donors (Lipinski definition) is 0. The van der Waals surface area contributed by atoms with Gasteiger partial charge in [0, 0.05) is 27.3 Å². The average Bonchev–Trinajstić information content (AvgIpc) is 3.72. The van der Waals surface area contributed by atoms with E-state index >= 15 is 0 Å². The molecule has 7 aromatic carbocycles. The fourth-order valence-corrected chi connectivity index (χ4v) is 8.01. The van der Waals surface area contributed by atoms with Crippen LogP contribution in [0.3, 0.4) is 0 Å². The lowest BCUT2D eigenvalue weighted by Gasteiger charge is -2.21. The van der Waals surface area contributed by atoms with E-state index in [4.69, 9.17) is 19.4 Å². The van der Waals surface area contributed by atoms with Crippen LogP contribution in [0.15, 0.2) is 162 Å². The molecule has 0 radical (unpaired) electrons. The molecule has 0 amide bonds. The van der Waals surface area contributed by atoms with Crippen LogP contribution in [0.5, 0.6) is 0 Å². The summed E-state index contributed by atoms with van der Waals surface area (Å²) in [6, 6.07) is 56.1. The molecule has 0 atom stereocenters. The van der Waals surface area contributed by atoms with Crippen molar-refractivity contribution >= 4 is 21.9 Å². The molecule has 0 spiro atoms. The first-order valence-electron chi connectivity index (χ1n) is 18.1. The fraction of sp³-hybridized carbons (Fsp3) is 0.0612. The Balaban J connectivity index is 1.20. The summed E-state index contributed by atoms with van der Waals surface area (Å²) in [6.45, 7) is 4.58. The van der Waals surface area contributed by atoms with E-state index in [2.05, 4.69) is 105 Å². The molecule has 54 heavy (non-hydrogen) atoms. The third-order valence-electron chi connectivity index (χ3n) is 10.8. The van der Waals surface area contributed by atoms with Crippen LogP contribution in [0.1, 0.15) is 30.5 Å². The van der Waals surface area contributed by atoms with Crippen LogP contribution < -0.4 is 0 Å². The summed E-state index contributed by atoms with van der Waals surface area (Å²) < 4.78 is 6.70. The van der Waals surface area contributed by atoms with Gasteiger partial charge in [0.05, 0.1) is 17.2 Å². The SMILES string of the molecule is CC1(C)c2ccccc2-c2ccc(-c3nc(-c4ccccc4)nc(-c4c(-c5ccc(-c6ccc(C#N)cc6)cc5)ccc5c4oc4ccccc45)n3)cc21. The Hall–Kier alpha value is -7.16. The molecule has 0 fully saturated rings. The second-order valence-corrected chi connectivity index (χ2v) is 14.3. The molecular formula is C49H32N4O. The molecule has 0 saturated heterocycles. The van der Waals surface area contributed by atoms with Crippen LogP contribution >= 0.6 is 0 Å². The number of benzene rings is 7. The Labute approximate surface area is 312 Å². The van der Waals surface area contributed by atoms with Crippen LogP contribution in [-0.2, 0) is 5.41 Å². The summed E-state index contributed by atoms with van der Waals surface area (Å²) in [5.74, 6) is 1.73. The van der Waals surface area contributed by atoms with Gasteiger partial charge in [0.25, 0.3) is 0 Å². The molecule has 1 aliphatic carbocycles. The number of rotatable bonds is 5. The van der Waals surface area contributed by atoms with Gasteiger partial charge in [-0.1, -0.05) is 141 Å². The maximum Gasteiger partial charge on any atom is 0.168 e. The molecule has 5 heteroatoms. The summed E-state index contributed by atoms with van der Waals surface area (Å²) >= 11 is 0. The Kier molecular flexibility index (Phi) is 7.14. The summed E-state index contributed by atoms with van der Waals surface area (Å²) in [7, 11) is 0. The summed E-state index contributed by atoms with van der Waals surface area (Å²) in [5, 5.41) is 11.3. The standard InChI is InChI=1S/C49H32N4O/c1-49(2)41-14-8-6-12-37(41)38-25-24-35(28-42(38)49)47-51-46(34-10-4-3-5-11-34)52-48(53-47)44-36(26-27-40-39-13-7-9-15-43(39)54-45(40)44)33-22-20-32(21-23-33)31-18-16-30(29-50)17-19-31/h3-28H,1-2H3. The minimum atomic E-state index is -0.170. The monoisotopic (exact) mass is 692 g/mol. The largest absolute Gasteiger partial charge is 0.455 e. The third-order valence-corrected chi connectivity index (χ3v) is 10.8. The molecule has 0 saturated carbocycles. The van der Waals surface area contributed by atoms with Gasteiger partial charge >= 0.3 is 0 Å². The van der Waals surface area contributed by atoms with E-state index in [1.165, 1.54) is 22.3 Å². The Morgan fingerprint density at radius 1 is 0.481 bits per heavy atom. The minimum Gasteiger partial charge on any atom is -0.455 e. The molecule has 2 aromatic heterocycles. The molecular weight excluding hydrogens is 661 g/mol. The van der Waals surface area contributed by atoms with Crippen molar-refractivity contribution in [2.24, 2.45) is 0 Å². The van der Waals surface area contributed by atoms with Crippen molar-refractivity contribution in [1.82, 2.24) is 15.0 Å². The lowest BCUT2D eigenvalue weighted by molar-refractivity contribution is 0.660. The van der Waals surface area contributed by atoms with E-state index in [0.29, 0.717) is 23.0 Å². The number of nitrogens with zero attached hydrogens (tertiary/aromatic N) is 4. The molecule has 0 unspecified atom stereocenters. The average molecular weight is 693 g/mol. The van der Waals surface area contributed by atoms with Crippen LogP contribution in [0, 0.1) is 11.3 Å². The van der Waals surface area contributed by atoms with Crippen molar-refractivity contribution in [3.05, 3.63) is 174 Å². The zero-order valence-corrected chi connectivity index (χ0v) is 29.7. The van der Waals surface area contributed by atoms with E-state index < -0.39 is 0 Å². The maximum atomic E-state index is 9.29. The zero-order valence-electron chi connectivity index (χ0n) is 29.7. The highest BCUT2D eigenvalue weighted by Crippen LogP contribution is 2.49. The van der Waals surface area contributed by atoms with E-state index in [9.17, 15) is 5.26 Å². The maximum absolute atomic E-state index is 9.29. The van der Waals surface area contributed by atoms with Gasteiger partial charge in [-0.25, -0.2) is 15.0 Å². The fourth-order valence-electron chi connectivity index (χ4n) is 8.01. The van der Waals surface area contributed by atoms with Gasteiger partial charge in [0.1, 0.15) is 11.2 Å². The van der Waals surface area contributed by atoms with Gasteiger partial charge in [-0.2, -0.15) is 5.26 Å². The van der Waals surface area contributed by atoms with E-state index in [1.807, 2.05) is 72.8 Å². The second kappa shape index (κ2) is 12.2. The molecule has 2 heterocycles. The zero-order chi connectivity index (χ0) is 36.4. The van der Waals surface area contributed by atoms with Crippen molar-refractivity contribution in [3.8, 4) is 73.6 Å². The number of furan rings is 1. The predicted molar refractivity (Wildman–Crippen MR) is 217 cm³/mol. The van der Waals surface area contributed by atoms with Gasteiger partial charge in [-0.05, 0) is 74.8 Å². The molecule has 10 rings (SSSR count). The molecule has 0 aliphatic heterocycles. The van der Waals surface area contributed by atoms with Crippen LogP contribution in [0.4, 0.5) is 0 Å². The Bertz CT molecular complexity index is 2950. The van der Waals surface area contributed by atoms with Crippen molar-refractivity contribution < 1.29 is 4.42 Å². The molecule has 5 nitrogen and oxygen atoms in total. The molecule has 254 valence electrons. The smallest absolute Gasteiger partial charge is 0.168 e. The van der Waals surface area contributed by atoms with Crippen molar-refractivity contribution in [3.63, 3.8) is 0 Å². The summed E-state index contributed by atoms with van der Waals surface area (Å²) in [4.78, 5) is 15.6. The highest BCUT2D eigenvalue weighted by molar-refractivity contribution is 6.12. The van der Waals surface area contributed by atoms with E-state index in [0.717, 1.165) is 60.9 Å². The van der Waals surface area contributed by atoms with E-state index in [-0.39, 0.29) is 5.41 Å². The number of hydrogen-bond acceptors (Lipinski definition) is 5. The van der Waals surface area contributed by atoms with Crippen molar-refractivity contribution in [2.75, 3.05) is 0 Å². The Morgan fingerprint density at radius 3 is 1.85 bits per heavy atom. The lowest BCUT2D eigenvalue weighted by atomic mass is 9.82. The molecule has 9 aromatic rings. The third kappa shape index (κ3) is 5.03. The van der Waals surface area contributed by atoms with Crippen LogP contribution in [-0.4, -0.2) is 15.0 Å².